The Labute approximate surface area is 270 Å². The molecule has 0 unspecified atom stereocenters. The van der Waals surface area contributed by atoms with Crippen LogP contribution in [0.25, 0.3) is 0 Å². The molecule has 1 aliphatic rings. The van der Waals surface area contributed by atoms with Crippen molar-refractivity contribution in [1.29, 1.82) is 0 Å². The third-order valence-electron chi connectivity index (χ3n) is 6.78. The number of halogens is 3. The second kappa shape index (κ2) is 16.3. The number of hydrogen-bond donors (Lipinski definition) is 2. The van der Waals surface area contributed by atoms with E-state index in [1.54, 1.807) is 6.92 Å². The minimum absolute atomic E-state index is 0.0173. The molecular weight excluding hydrogens is 676 g/mol. The summed E-state index contributed by atoms with van der Waals surface area (Å²) < 4.78 is 94.3. The Hall–Kier alpha value is -3.55. The predicted octanol–water partition coefficient (Wildman–Crippen LogP) is 2.46. The first-order valence-corrected chi connectivity index (χ1v) is 17.3. The average Bonchev–Trinajstić information content (AvgIpc) is 3.02. The van der Waals surface area contributed by atoms with E-state index in [4.69, 9.17) is 26.3 Å². The normalized spacial score (nSPS) is 14.2. The molecule has 2 N–H and O–H groups in total. The van der Waals surface area contributed by atoms with Crippen LogP contribution >= 0.6 is 11.6 Å². The van der Waals surface area contributed by atoms with Gasteiger partial charge >= 0.3 is 6.09 Å². The molecule has 46 heavy (non-hydrogen) atoms. The van der Waals surface area contributed by atoms with Crippen molar-refractivity contribution in [2.45, 2.75) is 11.8 Å². The quantitative estimate of drug-likeness (QED) is 0.207. The fourth-order valence-electron chi connectivity index (χ4n) is 4.32. The molecule has 0 saturated carbocycles. The Morgan fingerprint density at radius 3 is 2.22 bits per heavy atom. The van der Waals surface area contributed by atoms with E-state index in [9.17, 15) is 35.2 Å². The number of amides is 2. The lowest BCUT2D eigenvalue weighted by atomic mass is 10.3. The van der Waals surface area contributed by atoms with Crippen LogP contribution in [-0.2, 0) is 29.6 Å². The number of ether oxygens (including phenoxy) is 2. The van der Waals surface area contributed by atoms with Gasteiger partial charge in [0.05, 0.1) is 23.8 Å². The number of sulfonamides is 2. The number of nitrogens with one attached hydrogen (secondary N) is 1. The van der Waals surface area contributed by atoms with Gasteiger partial charge in [-0.1, -0.05) is 18.2 Å². The molecule has 2 aromatic rings. The summed E-state index contributed by atoms with van der Waals surface area (Å²) in [6.45, 7) is 4.81. The fraction of sp³-hybridized carbons (Fsp3) is 0.407. The van der Waals surface area contributed by atoms with Gasteiger partial charge in [0.25, 0.3) is 5.91 Å². The molecule has 0 spiro atoms. The Morgan fingerprint density at radius 2 is 1.67 bits per heavy atom. The van der Waals surface area contributed by atoms with Gasteiger partial charge in [0, 0.05) is 57.0 Å². The molecule has 1 heterocycles. The summed E-state index contributed by atoms with van der Waals surface area (Å²) in [6, 6.07) is 6.47. The Balaban J connectivity index is 1.72. The highest BCUT2D eigenvalue weighted by molar-refractivity contribution is 7.89. The summed E-state index contributed by atoms with van der Waals surface area (Å²) >= 11 is 5.80. The van der Waals surface area contributed by atoms with Gasteiger partial charge in [-0.2, -0.15) is 4.31 Å². The molecule has 3 rings (SSSR count). The monoisotopic (exact) mass is 709 g/mol. The Kier molecular flexibility index (Phi) is 13.1. The Morgan fingerprint density at radius 1 is 1.07 bits per heavy atom. The molecule has 14 nitrogen and oxygen atoms in total. The molecule has 2 aromatic carbocycles. The zero-order valence-corrected chi connectivity index (χ0v) is 27.2. The first kappa shape index (κ1) is 36.9. The fourth-order valence-corrected chi connectivity index (χ4v) is 7.17. The summed E-state index contributed by atoms with van der Waals surface area (Å²) in [7, 11) is -8.89. The number of piperazine rings is 1. The molecule has 19 heteroatoms. The van der Waals surface area contributed by atoms with Gasteiger partial charge in [0.15, 0.2) is 17.4 Å². The van der Waals surface area contributed by atoms with Crippen molar-refractivity contribution in [2.24, 2.45) is 0 Å². The SMILES string of the molecule is C=CN(CCN(CC(=O)NO)S(=O)(=O)c1cc(F)c(Oc2ccc(Cl)cc2)c(F)c1)S(=O)(=O)CCN1CCN(C(=O)OCC)CC1. The van der Waals surface area contributed by atoms with E-state index in [1.165, 1.54) is 34.6 Å². The van der Waals surface area contributed by atoms with Crippen LogP contribution in [0.15, 0.2) is 54.1 Å². The van der Waals surface area contributed by atoms with E-state index < -0.39 is 74.0 Å². The van der Waals surface area contributed by atoms with Crippen LogP contribution in [0.3, 0.4) is 0 Å². The van der Waals surface area contributed by atoms with E-state index in [-0.39, 0.29) is 24.7 Å². The van der Waals surface area contributed by atoms with Crippen LogP contribution in [0.2, 0.25) is 5.02 Å². The van der Waals surface area contributed by atoms with E-state index >= 15 is 0 Å². The number of benzene rings is 2. The van der Waals surface area contributed by atoms with Gasteiger partial charge < -0.3 is 14.4 Å². The number of hydrogen-bond acceptors (Lipinski definition) is 10. The molecule has 1 saturated heterocycles. The standard InChI is InChI=1S/C27H34ClF2N5O9S2/c1-3-34(45(39,40)16-15-32-9-11-33(12-10-32)27(37)43-4-2)13-14-35(19-25(36)31-38)46(41,42)22-17-23(29)26(24(30)18-22)44-21-7-5-20(28)6-8-21/h3,5-8,17-18,38H,1,4,9-16,19H2,2H3,(H,31,36). The lowest BCUT2D eigenvalue weighted by Crippen LogP contribution is -2.50. The van der Waals surface area contributed by atoms with Crippen LogP contribution in [0.1, 0.15) is 6.92 Å². The average molecular weight is 710 g/mol. The molecule has 0 atom stereocenters. The van der Waals surface area contributed by atoms with E-state index in [2.05, 4.69) is 6.58 Å². The second-order valence-corrected chi connectivity index (χ2v) is 14.2. The lowest BCUT2D eigenvalue weighted by Gasteiger charge is -2.34. The van der Waals surface area contributed by atoms with Crippen molar-refractivity contribution >= 4 is 43.6 Å². The highest BCUT2D eigenvalue weighted by Gasteiger charge is 2.31. The molecule has 0 aromatic heterocycles. The molecule has 2 amide bonds. The molecular formula is C27H34ClF2N5O9S2. The number of carbonyl (C=O) groups is 2. The minimum atomic E-state index is -4.84. The molecule has 1 fully saturated rings. The van der Waals surface area contributed by atoms with Crippen molar-refractivity contribution < 1.29 is 49.9 Å². The number of hydroxylamine groups is 1. The van der Waals surface area contributed by atoms with E-state index in [0.29, 0.717) is 47.6 Å². The zero-order chi connectivity index (χ0) is 34.1. The predicted molar refractivity (Wildman–Crippen MR) is 162 cm³/mol. The summed E-state index contributed by atoms with van der Waals surface area (Å²) in [5, 5.41) is 9.34. The van der Waals surface area contributed by atoms with Crippen molar-refractivity contribution in [3.8, 4) is 11.5 Å². The number of carbonyl (C=O) groups excluding carboxylic acids is 2. The van der Waals surface area contributed by atoms with Crippen molar-refractivity contribution in [1.82, 2.24) is 23.9 Å². The highest BCUT2D eigenvalue weighted by Crippen LogP contribution is 2.31. The number of nitrogens with zero attached hydrogens (tertiary/aromatic N) is 4. The summed E-state index contributed by atoms with van der Waals surface area (Å²) in [5.74, 6) is -5.21. The maximum absolute atomic E-state index is 14.9. The number of rotatable bonds is 15. The Bertz CT molecular complexity index is 1580. The van der Waals surface area contributed by atoms with Crippen molar-refractivity contribution in [3.05, 3.63) is 65.8 Å². The maximum Gasteiger partial charge on any atom is 0.409 e. The van der Waals surface area contributed by atoms with Crippen molar-refractivity contribution in [3.63, 3.8) is 0 Å². The van der Waals surface area contributed by atoms with Crippen LogP contribution in [-0.4, -0.2) is 117 Å². The zero-order valence-electron chi connectivity index (χ0n) is 24.8. The van der Waals surface area contributed by atoms with Crippen LogP contribution < -0.4 is 10.2 Å². The van der Waals surface area contributed by atoms with Gasteiger partial charge in [-0.15, -0.1) is 0 Å². The van der Waals surface area contributed by atoms with E-state index in [1.807, 2.05) is 4.90 Å². The van der Waals surface area contributed by atoms with Gasteiger partial charge in [-0.05, 0) is 43.3 Å². The smallest absolute Gasteiger partial charge is 0.409 e. The third-order valence-corrected chi connectivity index (χ3v) is 10.6. The van der Waals surface area contributed by atoms with Crippen LogP contribution in [0.4, 0.5) is 13.6 Å². The van der Waals surface area contributed by atoms with Crippen LogP contribution in [0, 0.1) is 11.6 Å². The molecule has 0 radical (unpaired) electrons. The minimum Gasteiger partial charge on any atom is -0.451 e. The summed E-state index contributed by atoms with van der Waals surface area (Å²) in [6.07, 6.45) is 0.516. The third kappa shape index (κ3) is 9.73. The van der Waals surface area contributed by atoms with Gasteiger partial charge in [0.2, 0.25) is 20.0 Å². The maximum atomic E-state index is 14.9. The lowest BCUT2D eigenvalue weighted by molar-refractivity contribution is -0.129. The first-order chi connectivity index (χ1) is 21.7. The summed E-state index contributed by atoms with van der Waals surface area (Å²) in [5.41, 5.74) is 1.28. The van der Waals surface area contributed by atoms with Crippen molar-refractivity contribution in [2.75, 3.05) is 64.7 Å². The topological polar surface area (TPSA) is 166 Å². The van der Waals surface area contributed by atoms with Crippen LogP contribution in [0.5, 0.6) is 11.5 Å². The second-order valence-electron chi connectivity index (χ2n) is 9.78. The first-order valence-electron chi connectivity index (χ1n) is 13.8. The van der Waals surface area contributed by atoms with Gasteiger partial charge in [0.1, 0.15) is 5.75 Å². The van der Waals surface area contributed by atoms with Gasteiger partial charge in [-0.25, -0.2) is 35.9 Å². The molecule has 0 aliphatic carbocycles. The van der Waals surface area contributed by atoms with Gasteiger partial charge in [-0.3, -0.25) is 19.2 Å². The molecule has 0 bridgehead atoms. The largest absolute Gasteiger partial charge is 0.451 e. The molecule has 254 valence electrons. The highest BCUT2D eigenvalue weighted by atomic mass is 35.5. The summed E-state index contributed by atoms with van der Waals surface area (Å²) in [4.78, 5) is 26.3. The molecule has 1 aliphatic heterocycles. The van der Waals surface area contributed by atoms with E-state index in [0.717, 1.165) is 10.5 Å².